The van der Waals surface area contributed by atoms with Gasteiger partial charge in [0.25, 0.3) is 5.56 Å². The van der Waals surface area contributed by atoms with Crippen molar-refractivity contribution in [2.24, 2.45) is 5.73 Å². The zero-order chi connectivity index (χ0) is 23.2. The van der Waals surface area contributed by atoms with Crippen LogP contribution in [0.5, 0.6) is 0 Å². The molecule has 0 unspecified atom stereocenters. The third-order valence-corrected chi connectivity index (χ3v) is 5.35. The van der Waals surface area contributed by atoms with Gasteiger partial charge in [-0.3, -0.25) is 9.78 Å². The summed E-state index contributed by atoms with van der Waals surface area (Å²) in [4.78, 5) is 21.6. The molecule has 1 fully saturated rings. The van der Waals surface area contributed by atoms with Crippen molar-refractivity contribution >= 4 is 28.8 Å². The number of hydrogen-bond donors (Lipinski definition) is 3. The van der Waals surface area contributed by atoms with E-state index in [-0.39, 0.29) is 5.56 Å². The van der Waals surface area contributed by atoms with E-state index in [2.05, 4.69) is 26.8 Å². The largest absolute Gasteiger partial charge is 0.398 e. The maximum atomic E-state index is 12.7. The van der Waals surface area contributed by atoms with Crippen LogP contribution in [0.25, 0.3) is 17.5 Å². The second-order valence-electron chi connectivity index (χ2n) is 7.56. The van der Waals surface area contributed by atoms with Crippen molar-refractivity contribution in [3.05, 3.63) is 94.2 Å². The van der Waals surface area contributed by atoms with Crippen LogP contribution in [0.4, 0.5) is 11.4 Å². The third-order valence-electron chi connectivity index (χ3n) is 5.35. The van der Waals surface area contributed by atoms with Crippen LogP contribution in [0.2, 0.25) is 0 Å². The number of nitrogens with zero attached hydrogens (tertiary/aromatic N) is 3. The normalized spacial score (nSPS) is 13.9. The van der Waals surface area contributed by atoms with Gasteiger partial charge in [0.05, 0.1) is 24.3 Å². The van der Waals surface area contributed by atoms with Gasteiger partial charge in [0.1, 0.15) is 6.07 Å². The molecule has 4 rings (SSSR count). The van der Waals surface area contributed by atoms with Gasteiger partial charge in [-0.05, 0) is 48.0 Å². The van der Waals surface area contributed by atoms with Crippen LogP contribution in [-0.4, -0.2) is 36.3 Å². The number of aromatic amines is 1. The Hall–Kier alpha value is -4.35. The molecule has 2 aromatic heterocycles. The van der Waals surface area contributed by atoms with Gasteiger partial charge in [-0.1, -0.05) is 6.58 Å². The minimum atomic E-state index is -0.289. The summed E-state index contributed by atoms with van der Waals surface area (Å²) in [5.41, 5.74) is 10.7. The van der Waals surface area contributed by atoms with Crippen molar-refractivity contribution in [2.45, 2.75) is 0 Å². The lowest BCUT2D eigenvalue weighted by atomic mass is 10.0. The third kappa shape index (κ3) is 5.11. The molecule has 1 aromatic carbocycles. The number of nitrogens with two attached hydrogens (primary N) is 1. The molecule has 0 radical (unpaired) electrons. The first-order chi connectivity index (χ1) is 16.0. The predicted molar refractivity (Wildman–Crippen MR) is 130 cm³/mol. The molecule has 0 saturated carbocycles. The summed E-state index contributed by atoms with van der Waals surface area (Å²) in [6, 6.07) is 13.4. The molecule has 3 heterocycles. The number of hydrogen-bond acceptors (Lipinski definition) is 7. The Morgan fingerprint density at radius 3 is 2.73 bits per heavy atom. The summed E-state index contributed by atoms with van der Waals surface area (Å²) in [5.74, 6) is 0. The molecule has 1 aliphatic rings. The smallest absolute Gasteiger partial charge is 0.257 e. The molecule has 33 heavy (non-hydrogen) atoms. The monoisotopic (exact) mass is 440 g/mol. The summed E-state index contributed by atoms with van der Waals surface area (Å²) in [6.45, 7) is 7.26. The second-order valence-corrected chi connectivity index (χ2v) is 7.56. The van der Waals surface area contributed by atoms with Gasteiger partial charge in [-0.15, -0.1) is 0 Å². The van der Waals surface area contributed by atoms with E-state index in [0.717, 1.165) is 37.7 Å². The molecule has 1 saturated heterocycles. The van der Waals surface area contributed by atoms with Crippen molar-refractivity contribution in [1.29, 1.82) is 5.26 Å². The molecule has 8 nitrogen and oxygen atoms in total. The van der Waals surface area contributed by atoms with E-state index in [9.17, 15) is 4.79 Å². The van der Waals surface area contributed by atoms with Crippen molar-refractivity contribution in [3.63, 3.8) is 0 Å². The van der Waals surface area contributed by atoms with Gasteiger partial charge in [0, 0.05) is 60.0 Å². The van der Waals surface area contributed by atoms with Crippen LogP contribution < -0.4 is 21.5 Å². The molecule has 0 atom stereocenters. The summed E-state index contributed by atoms with van der Waals surface area (Å²) >= 11 is 0. The van der Waals surface area contributed by atoms with Crippen LogP contribution in [0.3, 0.4) is 0 Å². The van der Waals surface area contributed by atoms with Crippen molar-refractivity contribution < 1.29 is 4.74 Å². The van der Waals surface area contributed by atoms with Crippen LogP contribution in [0, 0.1) is 11.3 Å². The van der Waals surface area contributed by atoms with E-state index >= 15 is 0 Å². The fourth-order valence-electron chi connectivity index (χ4n) is 3.65. The Morgan fingerprint density at radius 2 is 2.00 bits per heavy atom. The van der Waals surface area contributed by atoms with E-state index in [0.29, 0.717) is 33.6 Å². The molecule has 3 aromatic rings. The molecular weight excluding hydrogens is 416 g/mol. The molecule has 0 bridgehead atoms. The molecule has 0 aliphatic carbocycles. The topological polar surface area (TPSA) is 120 Å². The summed E-state index contributed by atoms with van der Waals surface area (Å²) in [5, 5.41) is 12.3. The van der Waals surface area contributed by atoms with Gasteiger partial charge >= 0.3 is 0 Å². The Bertz CT molecular complexity index is 1280. The highest BCUT2D eigenvalue weighted by atomic mass is 16.5. The number of anilines is 2. The fourth-order valence-corrected chi connectivity index (χ4v) is 3.65. The molecule has 0 amide bonds. The minimum absolute atomic E-state index is 0.289. The maximum Gasteiger partial charge on any atom is 0.257 e. The van der Waals surface area contributed by atoms with E-state index in [1.165, 1.54) is 6.20 Å². The van der Waals surface area contributed by atoms with E-state index < -0.39 is 0 Å². The number of benzene rings is 1. The number of morpholine rings is 1. The van der Waals surface area contributed by atoms with E-state index in [4.69, 9.17) is 15.7 Å². The summed E-state index contributed by atoms with van der Waals surface area (Å²) < 4.78 is 5.41. The Balaban J connectivity index is 1.57. The molecule has 166 valence electrons. The zero-order valence-electron chi connectivity index (χ0n) is 18.0. The van der Waals surface area contributed by atoms with Crippen molar-refractivity contribution in [3.8, 4) is 6.07 Å². The van der Waals surface area contributed by atoms with Gasteiger partial charge in [0.15, 0.2) is 0 Å². The second kappa shape index (κ2) is 9.85. The SMILES string of the molecule is C=C(Nc1ccc(N2CCOCC2)cc1)c1c(/C=C(\N)c2cncc(C#N)c2)cc[nH]c1=O. The summed E-state index contributed by atoms with van der Waals surface area (Å²) in [7, 11) is 0. The van der Waals surface area contributed by atoms with Crippen LogP contribution in [-0.2, 0) is 4.74 Å². The van der Waals surface area contributed by atoms with Gasteiger partial charge in [-0.2, -0.15) is 5.26 Å². The van der Waals surface area contributed by atoms with Gasteiger partial charge < -0.3 is 25.7 Å². The molecule has 4 N–H and O–H groups in total. The Labute approximate surface area is 191 Å². The van der Waals surface area contributed by atoms with Crippen molar-refractivity contribution in [2.75, 3.05) is 36.5 Å². The first-order valence-corrected chi connectivity index (χ1v) is 10.5. The van der Waals surface area contributed by atoms with E-state index in [1.54, 1.807) is 30.6 Å². The predicted octanol–water partition coefficient (Wildman–Crippen LogP) is 3.02. The van der Waals surface area contributed by atoms with Crippen molar-refractivity contribution in [1.82, 2.24) is 9.97 Å². The van der Waals surface area contributed by atoms with Gasteiger partial charge in [-0.25, -0.2) is 0 Å². The zero-order valence-corrected chi connectivity index (χ0v) is 18.0. The maximum absolute atomic E-state index is 12.7. The lowest BCUT2D eigenvalue weighted by Crippen LogP contribution is -2.36. The average Bonchev–Trinajstić information content (AvgIpc) is 2.85. The number of aromatic nitrogens is 2. The number of nitrogens with one attached hydrogen (secondary N) is 2. The fraction of sp³-hybridized carbons (Fsp3) is 0.160. The van der Waals surface area contributed by atoms with E-state index in [1.807, 2.05) is 30.3 Å². The van der Waals surface area contributed by atoms with Crippen LogP contribution >= 0.6 is 0 Å². The first-order valence-electron chi connectivity index (χ1n) is 10.5. The number of nitriles is 1. The Kier molecular flexibility index (Phi) is 6.53. The molecule has 8 heteroatoms. The quantitative estimate of drug-likeness (QED) is 0.539. The lowest BCUT2D eigenvalue weighted by molar-refractivity contribution is 0.122. The van der Waals surface area contributed by atoms with Crippen LogP contribution in [0.1, 0.15) is 22.3 Å². The number of H-pyrrole nitrogens is 1. The van der Waals surface area contributed by atoms with Crippen LogP contribution in [0.15, 0.2) is 66.4 Å². The molecular formula is C25H24N6O2. The number of pyridine rings is 2. The first kappa shape index (κ1) is 21.9. The highest BCUT2D eigenvalue weighted by Gasteiger charge is 2.13. The highest BCUT2D eigenvalue weighted by molar-refractivity contribution is 5.86. The lowest BCUT2D eigenvalue weighted by Gasteiger charge is -2.29. The summed E-state index contributed by atoms with van der Waals surface area (Å²) in [6.07, 6.45) is 6.27. The standard InChI is InChI=1S/C25H24N6O2/c1-17(30-21-2-4-22(5-3-21)31-8-10-33-11-9-31)24-19(6-7-29-25(24)32)13-23(27)20-12-18(14-26)15-28-16-20/h2-7,12-13,15-16,30H,1,8-11,27H2,(H,29,32)/b23-13-. The highest BCUT2D eigenvalue weighted by Crippen LogP contribution is 2.23. The van der Waals surface area contributed by atoms with Gasteiger partial charge in [0.2, 0.25) is 0 Å². The number of ether oxygens (including phenoxy) is 1. The minimum Gasteiger partial charge on any atom is -0.398 e. The average molecular weight is 441 g/mol. The Morgan fingerprint density at radius 1 is 1.24 bits per heavy atom. The number of rotatable bonds is 6. The molecule has 1 aliphatic heterocycles. The molecule has 0 spiro atoms.